The lowest BCUT2D eigenvalue weighted by Gasteiger charge is -2.13. The van der Waals surface area contributed by atoms with E-state index in [2.05, 4.69) is 20.4 Å². The number of rotatable bonds is 9. The maximum atomic E-state index is 12.5. The molecule has 0 amide bonds. The molecule has 2 rings (SSSR count). The predicted molar refractivity (Wildman–Crippen MR) is 103 cm³/mol. The van der Waals surface area contributed by atoms with Crippen molar-refractivity contribution in [2.24, 2.45) is 4.99 Å². The van der Waals surface area contributed by atoms with Crippen molar-refractivity contribution in [3.05, 3.63) is 59.7 Å². The van der Waals surface area contributed by atoms with E-state index in [9.17, 15) is 8.78 Å². The number of benzene rings is 2. The summed E-state index contributed by atoms with van der Waals surface area (Å²) in [4.78, 5) is 4.55. The van der Waals surface area contributed by atoms with Crippen LogP contribution in [-0.2, 0) is 13.0 Å². The third-order valence-corrected chi connectivity index (χ3v) is 3.76. The summed E-state index contributed by atoms with van der Waals surface area (Å²) < 4.78 is 34.6. The van der Waals surface area contributed by atoms with Gasteiger partial charge in [-0.05, 0) is 36.6 Å². The monoisotopic (exact) mass is 377 g/mol. The maximum Gasteiger partial charge on any atom is 0.387 e. The second-order valence-corrected chi connectivity index (χ2v) is 5.72. The third kappa shape index (κ3) is 7.13. The van der Waals surface area contributed by atoms with E-state index in [1.807, 2.05) is 43.3 Å². The summed E-state index contributed by atoms with van der Waals surface area (Å²) in [5, 5.41) is 6.44. The first-order valence-corrected chi connectivity index (χ1v) is 8.80. The van der Waals surface area contributed by atoms with Crippen molar-refractivity contribution in [2.75, 3.05) is 20.2 Å². The van der Waals surface area contributed by atoms with Crippen molar-refractivity contribution in [3.8, 4) is 11.5 Å². The lowest BCUT2D eigenvalue weighted by molar-refractivity contribution is -0.0512. The number of aliphatic imine (C=N–C) groups is 1. The van der Waals surface area contributed by atoms with E-state index in [1.54, 1.807) is 12.1 Å². The third-order valence-electron chi connectivity index (χ3n) is 3.76. The lowest BCUT2D eigenvalue weighted by atomic mass is 10.1. The lowest BCUT2D eigenvalue weighted by Crippen LogP contribution is -2.38. The van der Waals surface area contributed by atoms with E-state index in [0.29, 0.717) is 25.5 Å². The first-order chi connectivity index (χ1) is 13.1. The van der Waals surface area contributed by atoms with Gasteiger partial charge < -0.3 is 20.1 Å². The van der Waals surface area contributed by atoms with E-state index < -0.39 is 6.61 Å². The summed E-state index contributed by atoms with van der Waals surface area (Å²) in [6.07, 6.45) is 0.624. The molecular formula is C20H25F2N3O2. The van der Waals surface area contributed by atoms with Gasteiger partial charge in [-0.2, -0.15) is 8.78 Å². The zero-order chi connectivity index (χ0) is 19.5. The Morgan fingerprint density at radius 3 is 2.48 bits per heavy atom. The fourth-order valence-corrected chi connectivity index (χ4v) is 2.49. The molecule has 0 aliphatic carbocycles. The topological polar surface area (TPSA) is 54.9 Å². The van der Waals surface area contributed by atoms with Gasteiger partial charge in [-0.3, -0.25) is 0 Å². The summed E-state index contributed by atoms with van der Waals surface area (Å²) in [5.41, 5.74) is 1.98. The highest BCUT2D eigenvalue weighted by molar-refractivity contribution is 5.79. The van der Waals surface area contributed by atoms with E-state index in [4.69, 9.17) is 4.74 Å². The van der Waals surface area contributed by atoms with Gasteiger partial charge in [0.05, 0.1) is 13.7 Å². The number of nitrogens with one attached hydrogen (secondary N) is 2. The molecule has 0 saturated carbocycles. The SMILES string of the molecule is CCNC(=NCc1ccccc1)NCCc1ccc(OC)c(OC(F)F)c1. The highest BCUT2D eigenvalue weighted by atomic mass is 19.3. The largest absolute Gasteiger partial charge is 0.493 e. The van der Waals surface area contributed by atoms with Gasteiger partial charge in [0.2, 0.25) is 0 Å². The van der Waals surface area contributed by atoms with E-state index >= 15 is 0 Å². The molecule has 0 saturated heterocycles. The van der Waals surface area contributed by atoms with Crippen LogP contribution in [0.1, 0.15) is 18.1 Å². The average molecular weight is 377 g/mol. The van der Waals surface area contributed by atoms with Crippen LogP contribution in [0.5, 0.6) is 11.5 Å². The van der Waals surface area contributed by atoms with Crippen LogP contribution in [0.15, 0.2) is 53.5 Å². The molecule has 0 aromatic heterocycles. The Morgan fingerprint density at radius 1 is 1.04 bits per heavy atom. The van der Waals surface area contributed by atoms with Crippen molar-refractivity contribution in [1.82, 2.24) is 10.6 Å². The number of hydrogen-bond acceptors (Lipinski definition) is 3. The van der Waals surface area contributed by atoms with Crippen LogP contribution in [0.3, 0.4) is 0 Å². The minimum absolute atomic E-state index is 0.0367. The molecule has 2 N–H and O–H groups in total. The van der Waals surface area contributed by atoms with E-state index in [0.717, 1.165) is 17.7 Å². The Labute approximate surface area is 158 Å². The van der Waals surface area contributed by atoms with Gasteiger partial charge in [0.25, 0.3) is 0 Å². The fourth-order valence-electron chi connectivity index (χ4n) is 2.49. The van der Waals surface area contributed by atoms with Crippen LogP contribution in [-0.4, -0.2) is 32.8 Å². The van der Waals surface area contributed by atoms with Crippen LogP contribution >= 0.6 is 0 Å². The highest BCUT2D eigenvalue weighted by Crippen LogP contribution is 2.29. The van der Waals surface area contributed by atoms with Crippen molar-refractivity contribution in [1.29, 1.82) is 0 Å². The zero-order valence-corrected chi connectivity index (χ0v) is 15.5. The maximum absolute atomic E-state index is 12.5. The number of halogens is 2. The zero-order valence-electron chi connectivity index (χ0n) is 15.5. The quantitative estimate of drug-likeness (QED) is 0.518. The first kappa shape index (κ1) is 20.5. The summed E-state index contributed by atoms with van der Waals surface area (Å²) in [6.45, 7) is 1.02. The molecular weight excluding hydrogens is 352 g/mol. The summed E-state index contributed by atoms with van der Waals surface area (Å²) >= 11 is 0. The van der Waals surface area contributed by atoms with Crippen molar-refractivity contribution >= 4 is 5.96 Å². The molecule has 0 unspecified atom stereocenters. The molecule has 2 aromatic rings. The minimum atomic E-state index is -2.89. The molecule has 0 aliphatic heterocycles. The molecule has 27 heavy (non-hydrogen) atoms. The Kier molecular flexibility index (Phi) is 8.35. The first-order valence-electron chi connectivity index (χ1n) is 8.80. The van der Waals surface area contributed by atoms with Gasteiger partial charge in [-0.1, -0.05) is 36.4 Å². The van der Waals surface area contributed by atoms with Crippen LogP contribution in [0, 0.1) is 0 Å². The fraction of sp³-hybridized carbons (Fsp3) is 0.350. The standard InChI is InChI=1S/C20H25F2N3O2/c1-3-23-20(25-14-16-7-5-4-6-8-16)24-12-11-15-9-10-17(26-2)18(13-15)27-19(21)22/h4-10,13,19H,3,11-12,14H2,1-2H3,(H2,23,24,25). The summed E-state index contributed by atoms with van der Waals surface area (Å²) in [5.74, 6) is 1.03. The number of methoxy groups -OCH3 is 1. The molecule has 0 spiro atoms. The molecule has 0 heterocycles. The molecule has 0 radical (unpaired) electrons. The molecule has 2 aromatic carbocycles. The molecule has 0 bridgehead atoms. The Balaban J connectivity index is 1.93. The molecule has 7 heteroatoms. The van der Waals surface area contributed by atoms with Crippen molar-refractivity contribution in [3.63, 3.8) is 0 Å². The summed E-state index contributed by atoms with van der Waals surface area (Å²) in [6, 6.07) is 15.0. The van der Waals surface area contributed by atoms with Crippen LogP contribution in [0.4, 0.5) is 8.78 Å². The number of ether oxygens (including phenoxy) is 2. The smallest absolute Gasteiger partial charge is 0.387 e. The molecule has 0 aliphatic rings. The Bertz CT molecular complexity index is 724. The number of hydrogen-bond donors (Lipinski definition) is 2. The molecule has 5 nitrogen and oxygen atoms in total. The van der Waals surface area contributed by atoms with Crippen LogP contribution in [0.2, 0.25) is 0 Å². The minimum Gasteiger partial charge on any atom is -0.493 e. The number of alkyl halides is 2. The molecule has 0 atom stereocenters. The van der Waals surface area contributed by atoms with Gasteiger partial charge in [0.15, 0.2) is 17.5 Å². The van der Waals surface area contributed by atoms with Crippen molar-refractivity contribution < 1.29 is 18.3 Å². The second-order valence-electron chi connectivity index (χ2n) is 5.72. The van der Waals surface area contributed by atoms with E-state index in [1.165, 1.54) is 7.11 Å². The summed E-state index contributed by atoms with van der Waals surface area (Å²) in [7, 11) is 1.42. The predicted octanol–water partition coefficient (Wildman–Crippen LogP) is 3.59. The second kappa shape index (κ2) is 11.0. The van der Waals surface area contributed by atoms with E-state index in [-0.39, 0.29) is 11.5 Å². The normalized spacial score (nSPS) is 11.4. The van der Waals surface area contributed by atoms with Gasteiger partial charge in [0.1, 0.15) is 0 Å². The molecule has 0 fully saturated rings. The number of nitrogens with zero attached hydrogens (tertiary/aromatic N) is 1. The highest BCUT2D eigenvalue weighted by Gasteiger charge is 2.11. The Hall–Kier alpha value is -2.83. The van der Waals surface area contributed by atoms with Crippen LogP contribution < -0.4 is 20.1 Å². The van der Waals surface area contributed by atoms with Gasteiger partial charge >= 0.3 is 6.61 Å². The van der Waals surface area contributed by atoms with Gasteiger partial charge in [0, 0.05) is 13.1 Å². The van der Waals surface area contributed by atoms with Crippen molar-refractivity contribution in [2.45, 2.75) is 26.5 Å². The molecule has 146 valence electrons. The average Bonchev–Trinajstić information content (AvgIpc) is 2.66. The van der Waals surface area contributed by atoms with Crippen LogP contribution in [0.25, 0.3) is 0 Å². The van der Waals surface area contributed by atoms with Gasteiger partial charge in [-0.25, -0.2) is 4.99 Å². The Morgan fingerprint density at radius 2 is 1.81 bits per heavy atom. The number of guanidine groups is 1. The van der Waals surface area contributed by atoms with Gasteiger partial charge in [-0.15, -0.1) is 0 Å².